The van der Waals surface area contributed by atoms with Gasteiger partial charge in [-0.15, -0.1) is 0 Å². The van der Waals surface area contributed by atoms with Crippen molar-refractivity contribution in [3.05, 3.63) is 0 Å². The Hall–Kier alpha value is -0.670. The summed E-state index contributed by atoms with van der Waals surface area (Å²) >= 11 is 0. The monoisotopic (exact) mass is 190 g/mol. The molecule has 74 valence electrons. The first kappa shape index (κ1) is 8.91. The highest BCUT2D eigenvalue weighted by molar-refractivity contribution is 5.78. The fourth-order valence-corrected chi connectivity index (χ4v) is 1.57. The van der Waals surface area contributed by atoms with Gasteiger partial charge in [-0.25, -0.2) is 8.78 Å². The van der Waals surface area contributed by atoms with Crippen molar-refractivity contribution < 1.29 is 18.3 Å². The Morgan fingerprint density at radius 3 is 2.31 bits per heavy atom. The molecule has 2 nitrogen and oxygen atoms in total. The van der Waals surface area contributed by atoms with Gasteiger partial charge < -0.3 is 4.74 Å². The number of alkyl halides is 2. The van der Waals surface area contributed by atoms with E-state index in [9.17, 15) is 13.6 Å². The molecule has 2 aliphatic rings. The molecule has 2 rings (SSSR count). The third-order valence-electron chi connectivity index (χ3n) is 3.00. The maximum atomic E-state index is 12.7. The van der Waals surface area contributed by atoms with Crippen LogP contribution in [0.25, 0.3) is 0 Å². The van der Waals surface area contributed by atoms with Gasteiger partial charge in [0.2, 0.25) is 0 Å². The van der Waals surface area contributed by atoms with Gasteiger partial charge in [0, 0.05) is 5.92 Å². The van der Waals surface area contributed by atoms with Crippen molar-refractivity contribution in [2.24, 2.45) is 11.8 Å². The van der Waals surface area contributed by atoms with Crippen LogP contribution in [0.15, 0.2) is 0 Å². The molecule has 0 saturated heterocycles. The SMILES string of the molecule is CC1C(C(=O)OC2CCC2)C1(F)F. The van der Waals surface area contributed by atoms with Crippen molar-refractivity contribution >= 4 is 5.97 Å². The van der Waals surface area contributed by atoms with Crippen molar-refractivity contribution in [2.45, 2.75) is 38.2 Å². The molecule has 13 heavy (non-hydrogen) atoms. The zero-order valence-electron chi connectivity index (χ0n) is 7.43. The van der Waals surface area contributed by atoms with E-state index < -0.39 is 23.7 Å². The van der Waals surface area contributed by atoms with Gasteiger partial charge >= 0.3 is 5.97 Å². The first-order chi connectivity index (χ1) is 6.03. The highest BCUT2D eigenvalue weighted by atomic mass is 19.3. The van der Waals surface area contributed by atoms with Gasteiger partial charge in [-0.2, -0.15) is 0 Å². The van der Waals surface area contributed by atoms with Crippen LogP contribution in [0.5, 0.6) is 0 Å². The van der Waals surface area contributed by atoms with E-state index in [2.05, 4.69) is 0 Å². The summed E-state index contributed by atoms with van der Waals surface area (Å²) in [6.07, 6.45) is 2.61. The fraction of sp³-hybridized carbons (Fsp3) is 0.889. The van der Waals surface area contributed by atoms with E-state index in [1.54, 1.807) is 0 Å². The van der Waals surface area contributed by atoms with Gasteiger partial charge in [0.25, 0.3) is 5.92 Å². The maximum Gasteiger partial charge on any atom is 0.315 e. The van der Waals surface area contributed by atoms with Gasteiger partial charge in [0.15, 0.2) is 0 Å². The molecule has 0 aromatic rings. The number of rotatable bonds is 2. The number of halogens is 2. The highest BCUT2D eigenvalue weighted by Gasteiger charge is 2.70. The van der Waals surface area contributed by atoms with Crippen LogP contribution >= 0.6 is 0 Å². The molecular weight excluding hydrogens is 178 g/mol. The van der Waals surface area contributed by atoms with Crippen LogP contribution in [0.2, 0.25) is 0 Å². The van der Waals surface area contributed by atoms with E-state index in [0.717, 1.165) is 19.3 Å². The molecule has 0 aromatic carbocycles. The van der Waals surface area contributed by atoms with E-state index in [-0.39, 0.29) is 6.10 Å². The fourth-order valence-electron chi connectivity index (χ4n) is 1.57. The van der Waals surface area contributed by atoms with Crippen LogP contribution in [0.3, 0.4) is 0 Å². The second kappa shape index (κ2) is 2.66. The number of ether oxygens (including phenoxy) is 1. The Bertz CT molecular complexity index is 236. The minimum atomic E-state index is -2.82. The lowest BCUT2D eigenvalue weighted by molar-refractivity contribution is -0.157. The van der Waals surface area contributed by atoms with E-state index in [1.165, 1.54) is 6.92 Å². The third-order valence-corrected chi connectivity index (χ3v) is 3.00. The predicted octanol–water partition coefficient (Wildman–Crippen LogP) is 1.98. The molecule has 2 atom stereocenters. The molecule has 0 spiro atoms. The first-order valence-corrected chi connectivity index (χ1v) is 4.62. The Kier molecular flexibility index (Phi) is 1.82. The van der Waals surface area contributed by atoms with Crippen LogP contribution < -0.4 is 0 Å². The zero-order valence-corrected chi connectivity index (χ0v) is 7.43. The molecule has 2 aliphatic carbocycles. The summed E-state index contributed by atoms with van der Waals surface area (Å²) in [5.41, 5.74) is 0. The van der Waals surface area contributed by atoms with Crippen LogP contribution in [0.1, 0.15) is 26.2 Å². The Labute approximate surface area is 75.3 Å². The quantitative estimate of drug-likeness (QED) is 0.622. The van der Waals surface area contributed by atoms with Gasteiger partial charge in [0.1, 0.15) is 12.0 Å². The second-order valence-electron chi connectivity index (χ2n) is 3.93. The topological polar surface area (TPSA) is 26.3 Å². The van der Waals surface area contributed by atoms with Crippen molar-refractivity contribution in [3.8, 4) is 0 Å². The molecule has 0 heterocycles. The summed E-state index contributed by atoms with van der Waals surface area (Å²) in [4.78, 5) is 11.1. The van der Waals surface area contributed by atoms with Gasteiger partial charge in [0.05, 0.1) is 0 Å². The summed E-state index contributed by atoms with van der Waals surface area (Å²) in [7, 11) is 0. The maximum absolute atomic E-state index is 12.7. The third kappa shape index (κ3) is 1.32. The minimum Gasteiger partial charge on any atom is -0.462 e. The van der Waals surface area contributed by atoms with Crippen LogP contribution in [0, 0.1) is 11.8 Å². The summed E-state index contributed by atoms with van der Waals surface area (Å²) in [5, 5.41) is 0. The number of carbonyl (C=O) groups is 1. The Morgan fingerprint density at radius 1 is 1.46 bits per heavy atom. The van der Waals surface area contributed by atoms with Crippen molar-refractivity contribution in [1.29, 1.82) is 0 Å². The molecular formula is C9H12F2O2. The zero-order chi connectivity index (χ0) is 9.64. The lowest BCUT2D eigenvalue weighted by Gasteiger charge is -2.25. The van der Waals surface area contributed by atoms with E-state index >= 15 is 0 Å². The second-order valence-corrected chi connectivity index (χ2v) is 3.93. The largest absolute Gasteiger partial charge is 0.462 e. The summed E-state index contributed by atoms with van der Waals surface area (Å²) in [5.74, 6) is -5.53. The summed E-state index contributed by atoms with van der Waals surface area (Å²) in [6.45, 7) is 1.38. The molecule has 0 N–H and O–H groups in total. The Morgan fingerprint density at radius 2 is 2.00 bits per heavy atom. The minimum absolute atomic E-state index is 0.0869. The first-order valence-electron chi connectivity index (χ1n) is 4.62. The van der Waals surface area contributed by atoms with Gasteiger partial charge in [-0.3, -0.25) is 4.79 Å². The van der Waals surface area contributed by atoms with E-state index in [4.69, 9.17) is 4.74 Å². The molecule has 2 unspecified atom stereocenters. The van der Waals surface area contributed by atoms with E-state index in [1.807, 2.05) is 0 Å². The number of hydrogen-bond acceptors (Lipinski definition) is 2. The normalized spacial score (nSPS) is 36.5. The van der Waals surface area contributed by atoms with Crippen LogP contribution in [-0.4, -0.2) is 18.0 Å². The summed E-state index contributed by atoms with van der Waals surface area (Å²) in [6, 6.07) is 0. The molecule has 4 heteroatoms. The molecule has 2 fully saturated rings. The molecule has 0 radical (unpaired) electrons. The molecule has 0 amide bonds. The molecule has 0 aliphatic heterocycles. The standard InChI is InChI=1S/C9H12F2O2/c1-5-7(9(5,10)11)8(12)13-6-3-2-4-6/h5-7H,2-4H2,1H3. The number of esters is 1. The smallest absolute Gasteiger partial charge is 0.315 e. The van der Waals surface area contributed by atoms with E-state index in [0.29, 0.717) is 0 Å². The van der Waals surface area contributed by atoms with Crippen molar-refractivity contribution in [3.63, 3.8) is 0 Å². The molecule has 0 bridgehead atoms. The lowest BCUT2D eigenvalue weighted by atomic mass is 9.96. The van der Waals surface area contributed by atoms with Gasteiger partial charge in [-0.05, 0) is 19.3 Å². The average Bonchev–Trinajstić information content (AvgIpc) is 2.43. The van der Waals surface area contributed by atoms with Crippen molar-refractivity contribution in [2.75, 3.05) is 0 Å². The predicted molar refractivity (Wildman–Crippen MR) is 41.3 cm³/mol. The van der Waals surface area contributed by atoms with Crippen LogP contribution in [-0.2, 0) is 9.53 Å². The van der Waals surface area contributed by atoms with Crippen molar-refractivity contribution in [1.82, 2.24) is 0 Å². The number of carbonyl (C=O) groups excluding carboxylic acids is 1. The molecule has 2 saturated carbocycles. The van der Waals surface area contributed by atoms with Gasteiger partial charge in [-0.1, -0.05) is 6.92 Å². The number of hydrogen-bond donors (Lipinski definition) is 0. The Balaban J connectivity index is 1.85. The molecule has 0 aromatic heterocycles. The summed E-state index contributed by atoms with van der Waals surface area (Å²) < 4.78 is 30.3. The average molecular weight is 190 g/mol. The highest BCUT2D eigenvalue weighted by Crippen LogP contribution is 2.55. The lowest BCUT2D eigenvalue weighted by Crippen LogP contribution is -2.26. The van der Waals surface area contributed by atoms with Crippen LogP contribution in [0.4, 0.5) is 8.78 Å².